The van der Waals surface area contributed by atoms with E-state index >= 15 is 0 Å². The highest BCUT2D eigenvalue weighted by Gasteiger charge is 2.26. The molecule has 0 aromatic carbocycles. The van der Waals surface area contributed by atoms with E-state index in [1.165, 1.54) is 0 Å². The van der Waals surface area contributed by atoms with Gasteiger partial charge in [0.05, 0.1) is 0 Å². The number of pyridine rings is 1. The molecule has 0 aliphatic heterocycles. The predicted molar refractivity (Wildman–Crippen MR) is 77.1 cm³/mol. The minimum Gasteiger partial charge on any atom is -0.384 e. The van der Waals surface area contributed by atoms with Crippen LogP contribution in [0.25, 0.3) is 0 Å². The molecule has 0 radical (unpaired) electrons. The number of nitrogens with two attached hydrogens (primary N) is 1. The molecule has 1 heterocycles. The van der Waals surface area contributed by atoms with Crippen LogP contribution in [0.3, 0.4) is 0 Å². The van der Waals surface area contributed by atoms with Crippen LogP contribution in [0.1, 0.15) is 43.5 Å². The summed E-state index contributed by atoms with van der Waals surface area (Å²) in [7, 11) is 0. The highest BCUT2D eigenvalue weighted by atomic mass is 35.5. The monoisotopic (exact) mass is 281 g/mol. The fraction of sp³-hybridized carbons (Fsp3) is 0.571. The van der Waals surface area contributed by atoms with Crippen molar-refractivity contribution in [2.45, 2.75) is 39.2 Å². The summed E-state index contributed by atoms with van der Waals surface area (Å²) in [6.07, 6.45) is 3.35. The largest absolute Gasteiger partial charge is 0.384 e. The Hall–Kier alpha value is -1.29. The van der Waals surface area contributed by atoms with E-state index in [-0.39, 0.29) is 22.9 Å². The number of amides is 1. The van der Waals surface area contributed by atoms with E-state index in [0.29, 0.717) is 11.5 Å². The Bertz CT molecular complexity index is 458. The molecule has 5 heteroatoms. The lowest BCUT2D eigenvalue weighted by atomic mass is 9.80. The van der Waals surface area contributed by atoms with E-state index in [4.69, 9.17) is 17.3 Å². The molecular weight excluding hydrogens is 262 g/mol. The molecule has 19 heavy (non-hydrogen) atoms. The second kappa shape index (κ2) is 5.78. The van der Waals surface area contributed by atoms with Crippen LogP contribution in [0.2, 0.25) is 5.15 Å². The number of nitrogens with one attached hydrogen (secondary N) is 1. The van der Waals surface area contributed by atoms with Crippen molar-refractivity contribution in [3.63, 3.8) is 0 Å². The van der Waals surface area contributed by atoms with E-state index in [0.717, 1.165) is 25.2 Å². The first-order valence-corrected chi connectivity index (χ1v) is 7.07. The highest BCUT2D eigenvalue weighted by Crippen LogP contribution is 2.28. The van der Waals surface area contributed by atoms with E-state index in [1.807, 2.05) is 0 Å². The molecule has 3 N–H and O–H groups in total. The summed E-state index contributed by atoms with van der Waals surface area (Å²) < 4.78 is 0. The van der Waals surface area contributed by atoms with Gasteiger partial charge in [-0.05, 0) is 43.2 Å². The average molecular weight is 282 g/mol. The Balaban J connectivity index is 2.04. The van der Waals surface area contributed by atoms with Crippen molar-refractivity contribution < 1.29 is 4.79 Å². The van der Waals surface area contributed by atoms with E-state index in [2.05, 4.69) is 24.1 Å². The van der Waals surface area contributed by atoms with Gasteiger partial charge < -0.3 is 11.1 Å². The van der Waals surface area contributed by atoms with Gasteiger partial charge in [-0.15, -0.1) is 0 Å². The summed E-state index contributed by atoms with van der Waals surface area (Å²) in [6, 6.07) is 3.33. The van der Waals surface area contributed by atoms with Gasteiger partial charge in [0, 0.05) is 11.6 Å². The SMILES string of the molecule is CC1CCC(NC(=O)c2cc(N)nc(Cl)c2)C(C)C1. The molecule has 2 rings (SSSR count). The Morgan fingerprint density at radius 3 is 2.79 bits per heavy atom. The zero-order chi connectivity index (χ0) is 14.0. The Labute approximate surface area is 118 Å². The first kappa shape index (κ1) is 14.1. The maximum Gasteiger partial charge on any atom is 0.251 e. The molecule has 4 nitrogen and oxygen atoms in total. The van der Waals surface area contributed by atoms with Crippen LogP contribution in [-0.4, -0.2) is 16.9 Å². The molecule has 1 saturated carbocycles. The molecule has 0 saturated heterocycles. The smallest absolute Gasteiger partial charge is 0.251 e. The van der Waals surface area contributed by atoms with Gasteiger partial charge in [0.15, 0.2) is 0 Å². The van der Waals surface area contributed by atoms with Crippen LogP contribution in [0.5, 0.6) is 0 Å². The van der Waals surface area contributed by atoms with Crippen LogP contribution in [0.15, 0.2) is 12.1 Å². The molecule has 0 spiro atoms. The third-order valence-corrected chi connectivity index (χ3v) is 4.02. The first-order valence-electron chi connectivity index (χ1n) is 6.69. The normalized spacial score (nSPS) is 27.0. The number of carbonyl (C=O) groups excluding carboxylic acids is 1. The molecule has 104 valence electrons. The number of rotatable bonds is 2. The Morgan fingerprint density at radius 2 is 2.16 bits per heavy atom. The van der Waals surface area contributed by atoms with Gasteiger partial charge in [0.2, 0.25) is 0 Å². The van der Waals surface area contributed by atoms with Crippen molar-refractivity contribution in [2.75, 3.05) is 5.73 Å². The molecular formula is C14H20ClN3O. The third kappa shape index (κ3) is 3.60. The predicted octanol–water partition coefficient (Wildman–Crippen LogP) is 2.87. The number of hydrogen-bond acceptors (Lipinski definition) is 3. The molecule has 1 aromatic heterocycles. The molecule has 1 amide bonds. The van der Waals surface area contributed by atoms with Crippen molar-refractivity contribution in [1.29, 1.82) is 0 Å². The van der Waals surface area contributed by atoms with Crippen LogP contribution in [0.4, 0.5) is 5.82 Å². The quantitative estimate of drug-likeness (QED) is 0.819. The molecule has 3 atom stereocenters. The van der Waals surface area contributed by atoms with Crippen molar-refractivity contribution in [1.82, 2.24) is 10.3 Å². The lowest BCUT2D eigenvalue weighted by molar-refractivity contribution is 0.0899. The molecule has 3 unspecified atom stereocenters. The van der Waals surface area contributed by atoms with Crippen molar-refractivity contribution in [2.24, 2.45) is 11.8 Å². The summed E-state index contributed by atoms with van der Waals surface area (Å²) in [4.78, 5) is 16.0. The van der Waals surface area contributed by atoms with Crippen molar-refractivity contribution >= 4 is 23.3 Å². The minimum absolute atomic E-state index is 0.123. The van der Waals surface area contributed by atoms with Crippen LogP contribution >= 0.6 is 11.6 Å². The molecule has 1 aromatic rings. The number of carbonyl (C=O) groups is 1. The van der Waals surface area contributed by atoms with Crippen LogP contribution < -0.4 is 11.1 Å². The summed E-state index contributed by atoms with van der Waals surface area (Å²) in [6.45, 7) is 4.45. The number of halogens is 1. The number of aromatic nitrogens is 1. The topological polar surface area (TPSA) is 68.0 Å². The maximum absolute atomic E-state index is 12.2. The zero-order valence-corrected chi connectivity index (χ0v) is 12.1. The van der Waals surface area contributed by atoms with Gasteiger partial charge in [0.25, 0.3) is 5.91 Å². The maximum atomic E-state index is 12.2. The standard InChI is InChI=1S/C14H20ClN3O/c1-8-3-4-11(9(2)5-8)17-14(19)10-6-12(15)18-13(16)7-10/h6-9,11H,3-5H2,1-2H3,(H2,16,18)(H,17,19). The summed E-state index contributed by atoms with van der Waals surface area (Å²) in [5.74, 6) is 1.39. The molecule has 1 fully saturated rings. The minimum atomic E-state index is -0.123. The van der Waals surface area contributed by atoms with Gasteiger partial charge >= 0.3 is 0 Å². The van der Waals surface area contributed by atoms with Crippen LogP contribution in [-0.2, 0) is 0 Å². The Kier molecular flexibility index (Phi) is 4.30. The molecule has 1 aliphatic carbocycles. The Morgan fingerprint density at radius 1 is 1.42 bits per heavy atom. The lowest BCUT2D eigenvalue weighted by Gasteiger charge is -2.33. The molecule has 1 aliphatic rings. The van der Waals surface area contributed by atoms with E-state index in [1.54, 1.807) is 12.1 Å². The highest BCUT2D eigenvalue weighted by molar-refractivity contribution is 6.29. The molecule has 0 bridgehead atoms. The number of hydrogen-bond donors (Lipinski definition) is 2. The number of anilines is 1. The summed E-state index contributed by atoms with van der Waals surface area (Å²) in [5.41, 5.74) is 6.08. The fourth-order valence-corrected chi connectivity index (χ4v) is 2.99. The van der Waals surface area contributed by atoms with Gasteiger partial charge in [-0.3, -0.25) is 4.79 Å². The number of nitrogen functional groups attached to an aromatic ring is 1. The first-order chi connectivity index (χ1) is 8.95. The number of nitrogens with zero attached hydrogens (tertiary/aromatic N) is 1. The second-order valence-electron chi connectivity index (χ2n) is 5.58. The van der Waals surface area contributed by atoms with Crippen molar-refractivity contribution in [3.8, 4) is 0 Å². The zero-order valence-electron chi connectivity index (χ0n) is 11.3. The van der Waals surface area contributed by atoms with Gasteiger partial charge in [-0.1, -0.05) is 25.4 Å². The second-order valence-corrected chi connectivity index (χ2v) is 5.97. The van der Waals surface area contributed by atoms with Gasteiger partial charge in [-0.25, -0.2) is 4.98 Å². The van der Waals surface area contributed by atoms with E-state index < -0.39 is 0 Å². The third-order valence-electron chi connectivity index (χ3n) is 3.82. The van der Waals surface area contributed by atoms with Crippen molar-refractivity contribution in [3.05, 3.63) is 22.8 Å². The van der Waals surface area contributed by atoms with Gasteiger partial charge in [-0.2, -0.15) is 0 Å². The average Bonchev–Trinajstić information content (AvgIpc) is 2.31. The van der Waals surface area contributed by atoms with Crippen LogP contribution in [0, 0.1) is 11.8 Å². The summed E-state index contributed by atoms with van der Waals surface area (Å²) in [5, 5.41) is 3.32. The fourth-order valence-electron chi connectivity index (χ4n) is 2.78. The van der Waals surface area contributed by atoms with Gasteiger partial charge in [0.1, 0.15) is 11.0 Å². The lowest BCUT2D eigenvalue weighted by Crippen LogP contribution is -2.42. The van der Waals surface area contributed by atoms with E-state index in [9.17, 15) is 4.79 Å². The summed E-state index contributed by atoms with van der Waals surface area (Å²) >= 11 is 5.81.